The van der Waals surface area contributed by atoms with Gasteiger partial charge in [-0.25, -0.2) is 9.00 Å². The van der Waals surface area contributed by atoms with Gasteiger partial charge in [0.05, 0.1) is 11.9 Å². The topological polar surface area (TPSA) is 65.0 Å². The Morgan fingerprint density at radius 2 is 2.00 bits per heavy atom. The lowest BCUT2D eigenvalue weighted by Gasteiger charge is -2.13. The van der Waals surface area contributed by atoms with Crippen LogP contribution < -0.4 is 4.74 Å². The Morgan fingerprint density at radius 3 is 2.60 bits per heavy atom. The van der Waals surface area contributed by atoms with Crippen LogP contribution in [0.3, 0.4) is 0 Å². The molecule has 5 nitrogen and oxygen atoms in total. The summed E-state index contributed by atoms with van der Waals surface area (Å²) in [6.07, 6.45) is 1.49. The minimum Gasteiger partial charge on any atom is -0.481 e. The maximum atomic E-state index is 11.9. The van der Waals surface area contributed by atoms with Gasteiger partial charge in [0.15, 0.2) is 6.61 Å². The molecule has 0 radical (unpaired) electrons. The van der Waals surface area contributed by atoms with Gasteiger partial charge in [-0.05, 0) is 32.9 Å². The lowest BCUT2D eigenvalue weighted by atomic mass is 10.2. The highest BCUT2D eigenvalue weighted by atomic mass is 32.2. The maximum Gasteiger partial charge on any atom is 0.343 e. The highest BCUT2D eigenvalue weighted by Gasteiger charge is 2.18. The Hall–Kier alpha value is -1.69. The summed E-state index contributed by atoms with van der Waals surface area (Å²) < 4.78 is 25.3. The molecule has 0 saturated carbocycles. The minimum absolute atomic E-state index is 0.177. The molecule has 0 fully saturated rings. The molecule has 0 bridgehead atoms. The summed E-state index contributed by atoms with van der Waals surface area (Å²) in [7, 11) is -0.0410. The molecule has 1 aromatic carbocycles. The number of carbonyl (C=O) groups excluding carboxylic acids is 1. The first kappa shape index (κ1) is 16.4. The van der Waals surface area contributed by atoms with E-state index < -0.39 is 21.7 Å². The van der Waals surface area contributed by atoms with Crippen LogP contribution in [0.15, 0.2) is 28.7 Å². The van der Waals surface area contributed by atoms with Crippen LogP contribution in [0.4, 0.5) is 0 Å². The summed E-state index contributed by atoms with van der Waals surface area (Å²) in [5.41, 5.74) is 0.661. The number of rotatable bonds is 5. The van der Waals surface area contributed by atoms with Crippen molar-refractivity contribution < 1.29 is 18.5 Å². The second-order valence-corrected chi connectivity index (χ2v) is 6.93. The first-order chi connectivity index (χ1) is 9.34. The zero-order valence-corrected chi connectivity index (χ0v) is 12.9. The van der Waals surface area contributed by atoms with Crippen molar-refractivity contribution in [3.63, 3.8) is 0 Å². The summed E-state index contributed by atoms with van der Waals surface area (Å²) in [4.78, 5) is 11.1. The lowest BCUT2D eigenvalue weighted by Crippen LogP contribution is -2.19. The molecule has 1 rings (SSSR count). The monoisotopic (exact) mass is 297 g/mol. The number of hydrogen-bond donors (Lipinski definition) is 0. The Balaban J connectivity index is 2.83. The van der Waals surface area contributed by atoms with Gasteiger partial charge in [-0.1, -0.05) is 12.1 Å². The number of carbonyl (C=O) groups is 1. The normalized spacial score (nSPS) is 13.2. The maximum absolute atomic E-state index is 11.9. The van der Waals surface area contributed by atoms with Crippen molar-refractivity contribution in [1.82, 2.24) is 0 Å². The van der Waals surface area contributed by atoms with Gasteiger partial charge in [0.1, 0.15) is 16.7 Å². The summed E-state index contributed by atoms with van der Waals surface area (Å²) in [6, 6.07) is 7.08. The van der Waals surface area contributed by atoms with Crippen LogP contribution in [0, 0.1) is 0 Å². The van der Waals surface area contributed by atoms with Crippen molar-refractivity contribution in [2.75, 3.05) is 13.7 Å². The van der Waals surface area contributed by atoms with Crippen LogP contribution in [-0.2, 0) is 20.5 Å². The van der Waals surface area contributed by atoms with Gasteiger partial charge in [-0.15, -0.1) is 0 Å². The molecule has 0 unspecified atom stereocenters. The third-order valence-electron chi connectivity index (χ3n) is 2.30. The van der Waals surface area contributed by atoms with Gasteiger partial charge in [0.2, 0.25) is 0 Å². The largest absolute Gasteiger partial charge is 0.481 e. The number of esters is 1. The predicted molar refractivity (Wildman–Crippen MR) is 79.4 cm³/mol. The minimum atomic E-state index is -1.34. The van der Waals surface area contributed by atoms with Crippen molar-refractivity contribution in [1.29, 1.82) is 0 Å². The Morgan fingerprint density at radius 1 is 1.35 bits per heavy atom. The summed E-state index contributed by atoms with van der Waals surface area (Å²) >= 11 is 0. The van der Waals surface area contributed by atoms with Gasteiger partial charge in [0.25, 0.3) is 0 Å². The Labute approximate surface area is 121 Å². The van der Waals surface area contributed by atoms with E-state index >= 15 is 0 Å². The van der Waals surface area contributed by atoms with E-state index in [0.717, 1.165) is 0 Å². The van der Waals surface area contributed by atoms with Gasteiger partial charge >= 0.3 is 5.97 Å². The van der Waals surface area contributed by atoms with Gasteiger partial charge < -0.3 is 9.47 Å². The van der Waals surface area contributed by atoms with Crippen molar-refractivity contribution in [3.05, 3.63) is 29.8 Å². The van der Waals surface area contributed by atoms with Gasteiger partial charge in [0, 0.05) is 11.8 Å². The quantitative estimate of drug-likeness (QED) is 0.617. The highest BCUT2D eigenvalue weighted by molar-refractivity contribution is 7.85. The molecule has 0 N–H and O–H groups in total. The van der Waals surface area contributed by atoms with E-state index in [0.29, 0.717) is 11.3 Å². The smallest absolute Gasteiger partial charge is 0.343 e. The first-order valence-electron chi connectivity index (χ1n) is 6.09. The summed E-state index contributed by atoms with van der Waals surface area (Å²) in [5.74, 6) is 0.0302. The fourth-order valence-corrected chi connectivity index (χ4v) is 1.70. The van der Waals surface area contributed by atoms with Crippen LogP contribution in [0.1, 0.15) is 26.3 Å². The van der Waals surface area contributed by atoms with Crippen LogP contribution in [0.2, 0.25) is 0 Å². The molecule has 0 aliphatic rings. The number of methoxy groups -OCH3 is 1. The van der Waals surface area contributed by atoms with Crippen LogP contribution in [-0.4, -0.2) is 34.9 Å². The second kappa shape index (κ2) is 7.19. The molecular weight excluding hydrogens is 278 g/mol. The number of benzene rings is 1. The van der Waals surface area contributed by atoms with E-state index in [1.54, 1.807) is 18.2 Å². The lowest BCUT2D eigenvalue weighted by molar-refractivity contribution is -0.142. The van der Waals surface area contributed by atoms with Crippen LogP contribution in [0.5, 0.6) is 5.75 Å². The highest BCUT2D eigenvalue weighted by Crippen LogP contribution is 2.17. The van der Waals surface area contributed by atoms with Gasteiger partial charge in [-0.3, -0.25) is 0 Å². The summed E-state index contributed by atoms with van der Waals surface area (Å²) in [5, 5.41) is 0. The number of ether oxygens (including phenoxy) is 2. The third-order valence-corrected chi connectivity index (χ3v) is 3.65. The van der Waals surface area contributed by atoms with E-state index in [1.165, 1.54) is 13.3 Å². The SMILES string of the molecule is COC(=O)COc1ccccc1C=N[S@](=O)C(C)(C)C. The van der Waals surface area contributed by atoms with Gasteiger partial charge in [-0.2, -0.15) is 4.40 Å². The van der Waals surface area contributed by atoms with E-state index in [4.69, 9.17) is 4.74 Å². The summed E-state index contributed by atoms with van der Waals surface area (Å²) in [6.45, 7) is 5.37. The molecule has 0 aliphatic heterocycles. The van der Waals surface area contributed by atoms with Crippen molar-refractivity contribution in [2.45, 2.75) is 25.5 Å². The van der Waals surface area contributed by atoms with E-state index in [1.807, 2.05) is 26.8 Å². The van der Waals surface area contributed by atoms with Crippen LogP contribution >= 0.6 is 0 Å². The number of nitrogens with zero attached hydrogens (tertiary/aromatic N) is 1. The standard InChI is InChI=1S/C14H19NO4S/c1-14(2,3)20(17)15-9-11-7-5-6-8-12(11)19-10-13(16)18-4/h5-9H,10H2,1-4H3/t20-/m1/s1. The predicted octanol–water partition coefficient (Wildman–Crippen LogP) is 2.12. The fourth-order valence-electron chi connectivity index (χ4n) is 1.18. The molecule has 0 spiro atoms. The molecule has 0 amide bonds. The molecule has 0 aromatic heterocycles. The first-order valence-corrected chi connectivity index (χ1v) is 7.20. The number of hydrogen-bond acceptors (Lipinski definition) is 4. The zero-order chi connectivity index (χ0) is 15.2. The molecule has 0 heterocycles. The molecular formula is C14H19NO4S. The van der Waals surface area contributed by atoms with Crippen molar-refractivity contribution in [2.24, 2.45) is 4.40 Å². The van der Waals surface area contributed by atoms with E-state index in [-0.39, 0.29) is 6.61 Å². The molecule has 0 saturated heterocycles. The fraction of sp³-hybridized carbons (Fsp3) is 0.429. The molecule has 0 aliphatic carbocycles. The van der Waals surface area contributed by atoms with E-state index in [2.05, 4.69) is 9.13 Å². The molecule has 20 heavy (non-hydrogen) atoms. The number of para-hydroxylation sites is 1. The molecule has 1 atom stereocenters. The third kappa shape index (κ3) is 5.13. The Bertz CT molecular complexity index is 520. The Kier molecular flexibility index (Phi) is 5.88. The van der Waals surface area contributed by atoms with Crippen LogP contribution in [0.25, 0.3) is 0 Å². The average molecular weight is 297 g/mol. The second-order valence-electron chi connectivity index (χ2n) is 5.00. The molecule has 1 aromatic rings. The zero-order valence-electron chi connectivity index (χ0n) is 12.1. The van der Waals surface area contributed by atoms with Crippen molar-refractivity contribution >= 4 is 23.2 Å². The molecule has 6 heteroatoms. The van der Waals surface area contributed by atoms with Crippen molar-refractivity contribution in [3.8, 4) is 5.75 Å². The van der Waals surface area contributed by atoms with E-state index in [9.17, 15) is 9.00 Å². The average Bonchev–Trinajstić information content (AvgIpc) is 2.41. The molecule has 110 valence electrons.